The number of unbranched alkanes of at least 4 members (excludes halogenated alkanes) is 2. The van der Waals surface area contributed by atoms with Crippen molar-refractivity contribution in [3.05, 3.63) is 0 Å². The zero-order valence-electron chi connectivity index (χ0n) is 11.7. The molecule has 0 aromatic rings. The van der Waals surface area contributed by atoms with Crippen LogP contribution in [0, 0.1) is 0 Å². The zero-order valence-corrected chi connectivity index (χ0v) is 13.5. The number of aliphatic hydroxyl groups is 1. The first-order chi connectivity index (χ1) is 8.99. The van der Waals surface area contributed by atoms with Gasteiger partial charge in [0, 0.05) is 6.54 Å². The largest absolute Gasteiger partial charge is 0.808 e. The molecule has 10 heteroatoms. The van der Waals surface area contributed by atoms with E-state index in [1.54, 1.807) is 0 Å². The monoisotopic (exact) mass is 329 g/mol. The molecule has 0 rings (SSSR count). The first-order valence-corrected chi connectivity index (χ1v) is 9.57. The van der Waals surface area contributed by atoms with Gasteiger partial charge in [0.05, 0.1) is 0 Å². The normalized spacial score (nSPS) is 14.0. The molecule has 0 aliphatic rings. The van der Waals surface area contributed by atoms with E-state index in [-0.39, 0.29) is 0 Å². The Bertz CT molecular complexity index is 348. The molecule has 0 saturated carbocycles. The predicted molar refractivity (Wildman–Crippen MR) is 66.4 cm³/mol. The van der Waals surface area contributed by atoms with Crippen molar-refractivity contribution in [3.63, 3.8) is 0 Å². The van der Waals surface area contributed by atoms with Crippen LogP contribution in [0.15, 0.2) is 0 Å². The summed E-state index contributed by atoms with van der Waals surface area (Å²) in [6.07, 6.45) is 2.79. The molecular formula is C10H21NO7P2-4. The smallest absolute Gasteiger partial charge is 0.129 e. The van der Waals surface area contributed by atoms with E-state index in [0.29, 0.717) is 25.9 Å². The van der Waals surface area contributed by atoms with Crippen molar-refractivity contribution in [1.29, 1.82) is 0 Å². The lowest BCUT2D eigenvalue weighted by atomic mass is 10.2. The Labute approximate surface area is 119 Å². The molecule has 122 valence electrons. The molecule has 0 bridgehead atoms. The average Bonchev–Trinajstić information content (AvgIpc) is 2.29. The van der Waals surface area contributed by atoms with Crippen LogP contribution in [0.25, 0.3) is 0 Å². The minimum atomic E-state index is -6.00. The van der Waals surface area contributed by atoms with Crippen LogP contribution in [0.1, 0.15) is 39.5 Å². The molecule has 0 aromatic carbocycles. The van der Waals surface area contributed by atoms with Crippen LogP contribution in [0.3, 0.4) is 0 Å². The fourth-order valence-electron chi connectivity index (χ4n) is 1.66. The Hall–Kier alpha value is 0.220. The predicted octanol–water partition coefficient (Wildman–Crippen LogP) is -1.64. The van der Waals surface area contributed by atoms with E-state index in [1.165, 1.54) is 4.90 Å². The van der Waals surface area contributed by atoms with Gasteiger partial charge in [0.2, 0.25) is 0 Å². The average molecular weight is 329 g/mol. The van der Waals surface area contributed by atoms with Gasteiger partial charge in [-0.25, -0.2) is 0 Å². The van der Waals surface area contributed by atoms with Gasteiger partial charge in [-0.3, -0.25) is 4.90 Å². The molecule has 0 aliphatic heterocycles. The van der Waals surface area contributed by atoms with E-state index in [4.69, 9.17) is 0 Å². The second-order valence-electron chi connectivity index (χ2n) is 4.75. The standard InChI is InChI=1S/C10H25NO7P2/c1-3-5-7-11(8-6-4-2)9-10(12,19(13,14)15)20(16,17)18/h12H,3-9H2,1-2H3,(H2,13,14,15)(H2,16,17,18)/p-4. The Balaban J connectivity index is 5.18. The molecule has 1 N–H and O–H groups in total. The van der Waals surface area contributed by atoms with Crippen molar-refractivity contribution in [1.82, 2.24) is 4.90 Å². The molecule has 0 amide bonds. The van der Waals surface area contributed by atoms with Crippen molar-refractivity contribution >= 4 is 15.2 Å². The molecule has 20 heavy (non-hydrogen) atoms. The van der Waals surface area contributed by atoms with E-state index in [1.807, 2.05) is 13.8 Å². The molecule has 0 radical (unpaired) electrons. The van der Waals surface area contributed by atoms with Gasteiger partial charge >= 0.3 is 0 Å². The summed E-state index contributed by atoms with van der Waals surface area (Å²) in [5.41, 5.74) is 0. The Morgan fingerprint density at radius 2 is 1.30 bits per heavy atom. The SMILES string of the molecule is CCCCN(CCCC)CC(O)(P(=O)([O-])[O-])P(=O)([O-])[O-]. The minimum Gasteiger partial charge on any atom is -0.808 e. The highest BCUT2D eigenvalue weighted by Gasteiger charge is 2.37. The van der Waals surface area contributed by atoms with Crippen molar-refractivity contribution in [3.8, 4) is 0 Å². The van der Waals surface area contributed by atoms with Gasteiger partial charge in [0.15, 0.2) is 0 Å². The topological polar surface area (TPSA) is 150 Å². The maximum Gasteiger partial charge on any atom is 0.129 e. The van der Waals surface area contributed by atoms with E-state index in [9.17, 15) is 33.8 Å². The summed E-state index contributed by atoms with van der Waals surface area (Å²) in [4.78, 5) is 45.4. The molecule has 0 aromatic heterocycles. The summed E-state index contributed by atoms with van der Waals surface area (Å²) in [6, 6.07) is 0. The maximum atomic E-state index is 11.0. The minimum absolute atomic E-state index is 0.304. The van der Waals surface area contributed by atoms with Crippen molar-refractivity contribution in [2.45, 2.75) is 44.6 Å². The summed E-state index contributed by atoms with van der Waals surface area (Å²) in [6.45, 7) is 3.37. The molecule has 0 saturated heterocycles. The highest BCUT2D eigenvalue weighted by Crippen LogP contribution is 2.58. The van der Waals surface area contributed by atoms with Crippen molar-refractivity contribution < 1.29 is 33.8 Å². The van der Waals surface area contributed by atoms with Gasteiger partial charge in [-0.15, -0.1) is 0 Å². The maximum absolute atomic E-state index is 11.0. The fourth-order valence-corrected chi connectivity index (χ4v) is 3.60. The van der Waals surface area contributed by atoms with Crippen LogP contribution >= 0.6 is 15.2 Å². The van der Waals surface area contributed by atoms with Crippen LogP contribution < -0.4 is 19.6 Å². The van der Waals surface area contributed by atoms with Gasteiger partial charge < -0.3 is 33.8 Å². The van der Waals surface area contributed by atoms with Crippen LogP contribution in [0.2, 0.25) is 0 Å². The van der Waals surface area contributed by atoms with Gasteiger partial charge in [0.1, 0.15) is 5.08 Å². The van der Waals surface area contributed by atoms with E-state index in [2.05, 4.69) is 0 Å². The highest BCUT2D eigenvalue weighted by molar-refractivity contribution is 7.69. The lowest BCUT2D eigenvalue weighted by molar-refractivity contribution is -0.349. The molecule has 0 fully saturated rings. The first kappa shape index (κ1) is 20.2. The van der Waals surface area contributed by atoms with Crippen molar-refractivity contribution in [2.75, 3.05) is 19.6 Å². The van der Waals surface area contributed by atoms with Crippen molar-refractivity contribution in [2.24, 2.45) is 0 Å². The molecule has 0 aliphatic carbocycles. The fraction of sp³-hybridized carbons (Fsp3) is 1.00. The number of nitrogens with zero attached hydrogens (tertiary/aromatic N) is 1. The first-order valence-electron chi connectivity index (χ1n) is 6.48. The van der Waals surface area contributed by atoms with E-state index in [0.717, 1.165) is 12.8 Å². The van der Waals surface area contributed by atoms with Crippen LogP contribution in [0.4, 0.5) is 0 Å². The lowest BCUT2D eigenvalue weighted by Gasteiger charge is -2.57. The summed E-state index contributed by atoms with van der Waals surface area (Å²) in [5.74, 6) is 0. The quantitative estimate of drug-likeness (QED) is 0.469. The Morgan fingerprint density at radius 1 is 0.950 bits per heavy atom. The van der Waals surface area contributed by atoms with Gasteiger partial charge in [-0.05, 0) is 41.1 Å². The van der Waals surface area contributed by atoms with Gasteiger partial charge in [0.25, 0.3) is 0 Å². The molecule has 0 heterocycles. The van der Waals surface area contributed by atoms with E-state index < -0.39 is 26.8 Å². The Kier molecular flexibility index (Phi) is 8.10. The molecule has 0 unspecified atom stereocenters. The molecule has 0 spiro atoms. The number of hydrogen-bond donors (Lipinski definition) is 1. The third-order valence-corrected chi connectivity index (χ3v) is 6.48. The number of hydrogen-bond acceptors (Lipinski definition) is 8. The number of rotatable bonds is 10. The lowest BCUT2D eigenvalue weighted by Crippen LogP contribution is -2.53. The van der Waals surface area contributed by atoms with Crippen LogP contribution in [-0.4, -0.2) is 34.7 Å². The summed E-state index contributed by atoms with van der Waals surface area (Å²) >= 11 is 0. The van der Waals surface area contributed by atoms with Gasteiger partial charge in [-0.1, -0.05) is 26.7 Å². The third-order valence-electron chi connectivity index (χ3n) is 2.97. The second-order valence-corrected chi connectivity index (χ2v) is 8.57. The molecule has 8 nitrogen and oxygen atoms in total. The summed E-state index contributed by atoms with van der Waals surface area (Å²) in [7, 11) is -12.0. The second kappa shape index (κ2) is 8.01. The van der Waals surface area contributed by atoms with E-state index >= 15 is 0 Å². The molecular weight excluding hydrogens is 308 g/mol. The highest BCUT2D eigenvalue weighted by atomic mass is 31.2. The van der Waals surface area contributed by atoms with Gasteiger partial charge in [-0.2, -0.15) is 0 Å². The van der Waals surface area contributed by atoms with Crippen LogP contribution in [-0.2, 0) is 9.13 Å². The zero-order chi connectivity index (χ0) is 16.0. The molecule has 0 atom stereocenters. The third kappa shape index (κ3) is 5.54. The summed E-state index contributed by atoms with van der Waals surface area (Å²) in [5, 5.41) is 5.85. The van der Waals surface area contributed by atoms with Crippen LogP contribution in [0.5, 0.6) is 0 Å². The summed E-state index contributed by atoms with van der Waals surface area (Å²) < 4.78 is 22.0. The Morgan fingerprint density at radius 3 is 1.55 bits per heavy atom.